The van der Waals surface area contributed by atoms with E-state index in [1.54, 1.807) is 47.4 Å². The van der Waals surface area contributed by atoms with Gasteiger partial charge in [0.05, 0.1) is 6.54 Å². The number of anilines is 3. The number of carbonyl (C=O) groups excluding carboxylic acids is 3. The van der Waals surface area contributed by atoms with Crippen molar-refractivity contribution in [1.82, 2.24) is 5.32 Å². The Labute approximate surface area is 218 Å². The summed E-state index contributed by atoms with van der Waals surface area (Å²) in [6, 6.07) is 23.9. The molecule has 3 N–H and O–H groups in total. The van der Waals surface area contributed by atoms with E-state index in [0.29, 0.717) is 29.0 Å². The fraction of sp³-hybridized carbons (Fsp3) is 0.300. The highest BCUT2D eigenvalue weighted by Gasteiger charge is 2.18. The van der Waals surface area contributed by atoms with E-state index in [1.165, 1.54) is 6.42 Å². The molecule has 192 valence electrons. The van der Waals surface area contributed by atoms with Crippen LogP contribution in [0.3, 0.4) is 0 Å². The summed E-state index contributed by atoms with van der Waals surface area (Å²) >= 11 is 0. The van der Waals surface area contributed by atoms with Crippen molar-refractivity contribution in [3.05, 3.63) is 90.0 Å². The van der Waals surface area contributed by atoms with E-state index < -0.39 is 0 Å². The van der Waals surface area contributed by atoms with Crippen molar-refractivity contribution in [2.24, 2.45) is 0 Å². The van der Waals surface area contributed by atoms with Gasteiger partial charge in [-0.05, 0) is 68.3 Å². The maximum absolute atomic E-state index is 13.1. The lowest BCUT2D eigenvalue weighted by Crippen LogP contribution is -2.36. The molecular formula is C30H34N4O3. The molecule has 0 aliphatic heterocycles. The van der Waals surface area contributed by atoms with Gasteiger partial charge in [-0.2, -0.15) is 0 Å². The first kappa shape index (κ1) is 25.9. The van der Waals surface area contributed by atoms with Crippen LogP contribution >= 0.6 is 0 Å². The molecule has 1 aliphatic carbocycles. The Morgan fingerprint density at radius 3 is 2.22 bits per heavy atom. The molecule has 3 aromatic carbocycles. The molecule has 1 aliphatic rings. The van der Waals surface area contributed by atoms with Crippen LogP contribution in [0.15, 0.2) is 78.9 Å². The van der Waals surface area contributed by atoms with Gasteiger partial charge < -0.3 is 20.9 Å². The van der Waals surface area contributed by atoms with Crippen LogP contribution in [0.1, 0.15) is 59.7 Å². The van der Waals surface area contributed by atoms with Crippen LogP contribution in [0.5, 0.6) is 0 Å². The van der Waals surface area contributed by atoms with Crippen molar-refractivity contribution in [2.75, 3.05) is 28.6 Å². The Morgan fingerprint density at radius 1 is 0.811 bits per heavy atom. The first-order valence-corrected chi connectivity index (χ1v) is 12.9. The third kappa shape index (κ3) is 7.19. The van der Waals surface area contributed by atoms with Crippen LogP contribution in [0.4, 0.5) is 17.1 Å². The Hall–Kier alpha value is -4.13. The summed E-state index contributed by atoms with van der Waals surface area (Å²) in [6.45, 7) is 2.50. The highest BCUT2D eigenvalue weighted by Crippen LogP contribution is 2.20. The Bertz CT molecular complexity index is 1220. The molecule has 0 atom stereocenters. The van der Waals surface area contributed by atoms with E-state index in [1.807, 2.05) is 43.3 Å². The van der Waals surface area contributed by atoms with Crippen molar-refractivity contribution in [2.45, 2.75) is 45.1 Å². The number of carbonyl (C=O) groups is 3. The third-order valence-electron chi connectivity index (χ3n) is 6.54. The first-order valence-electron chi connectivity index (χ1n) is 12.9. The van der Waals surface area contributed by atoms with Gasteiger partial charge in [-0.25, -0.2) is 0 Å². The van der Waals surface area contributed by atoms with Gasteiger partial charge in [0.1, 0.15) is 0 Å². The van der Waals surface area contributed by atoms with Crippen molar-refractivity contribution < 1.29 is 14.4 Å². The number of hydrogen-bond donors (Lipinski definition) is 3. The fourth-order valence-electron chi connectivity index (χ4n) is 4.61. The van der Waals surface area contributed by atoms with E-state index in [9.17, 15) is 14.4 Å². The predicted molar refractivity (Wildman–Crippen MR) is 148 cm³/mol. The molecule has 1 saturated carbocycles. The van der Waals surface area contributed by atoms with Crippen molar-refractivity contribution >= 4 is 34.8 Å². The van der Waals surface area contributed by atoms with Gasteiger partial charge in [-0.15, -0.1) is 0 Å². The predicted octanol–water partition coefficient (Wildman–Crippen LogP) is 5.47. The normalized spacial score (nSPS) is 13.4. The van der Waals surface area contributed by atoms with E-state index in [2.05, 4.69) is 16.0 Å². The number of amides is 3. The second-order valence-electron chi connectivity index (χ2n) is 9.26. The molecule has 0 heterocycles. The quantitative estimate of drug-likeness (QED) is 0.365. The van der Waals surface area contributed by atoms with E-state index in [0.717, 1.165) is 31.4 Å². The lowest BCUT2D eigenvalue weighted by atomic mass is 9.95. The molecule has 0 spiro atoms. The molecule has 7 heteroatoms. The lowest BCUT2D eigenvalue weighted by molar-refractivity contribution is -0.114. The number of rotatable bonds is 9. The zero-order chi connectivity index (χ0) is 26.0. The zero-order valence-corrected chi connectivity index (χ0v) is 21.2. The van der Waals surface area contributed by atoms with Gasteiger partial charge in [0, 0.05) is 40.8 Å². The van der Waals surface area contributed by atoms with E-state index in [-0.39, 0.29) is 30.3 Å². The summed E-state index contributed by atoms with van der Waals surface area (Å²) in [5.74, 6) is -0.467. The summed E-state index contributed by atoms with van der Waals surface area (Å²) in [7, 11) is 0. The fourth-order valence-corrected chi connectivity index (χ4v) is 4.61. The lowest BCUT2D eigenvalue weighted by Gasteiger charge is -2.22. The maximum Gasteiger partial charge on any atom is 0.258 e. The first-order chi connectivity index (χ1) is 18.0. The van der Waals surface area contributed by atoms with E-state index >= 15 is 0 Å². The molecule has 7 nitrogen and oxygen atoms in total. The standard InChI is InChI=1S/C30H34N4O3/c1-2-34(27-17-7-4-8-18-27)30(37)23-12-10-15-25(20-23)31-21-28(35)32-26-16-9-11-22(19-26)29(36)33-24-13-5-3-6-14-24/h4,7-12,15-20,24,31H,2-3,5-6,13-14,21H2,1H3,(H,32,35)(H,33,36). The average Bonchev–Trinajstić information content (AvgIpc) is 2.94. The van der Waals surface area contributed by atoms with Gasteiger partial charge >= 0.3 is 0 Å². The molecule has 37 heavy (non-hydrogen) atoms. The Kier molecular flexibility index (Phi) is 8.92. The van der Waals surface area contributed by atoms with Crippen LogP contribution in [-0.4, -0.2) is 36.9 Å². The second-order valence-corrected chi connectivity index (χ2v) is 9.26. The molecule has 3 aromatic rings. The zero-order valence-electron chi connectivity index (χ0n) is 21.2. The monoisotopic (exact) mass is 498 g/mol. The minimum Gasteiger partial charge on any atom is -0.376 e. The molecule has 0 unspecified atom stereocenters. The summed E-state index contributed by atoms with van der Waals surface area (Å²) in [5, 5.41) is 9.03. The molecule has 0 saturated heterocycles. The second kappa shape index (κ2) is 12.7. The van der Waals surface area contributed by atoms with Crippen molar-refractivity contribution in [3.8, 4) is 0 Å². The molecule has 0 radical (unpaired) electrons. The van der Waals surface area contributed by atoms with Crippen molar-refractivity contribution in [3.63, 3.8) is 0 Å². The number of hydrogen-bond acceptors (Lipinski definition) is 4. The summed E-state index contributed by atoms with van der Waals surface area (Å²) in [6.07, 6.45) is 5.56. The minimum absolute atomic E-state index is 0.0202. The van der Waals surface area contributed by atoms with Gasteiger partial charge in [0.15, 0.2) is 0 Å². The molecule has 3 amide bonds. The summed E-state index contributed by atoms with van der Waals surface area (Å²) < 4.78 is 0. The minimum atomic E-state index is -0.249. The van der Waals surface area contributed by atoms with Crippen molar-refractivity contribution in [1.29, 1.82) is 0 Å². The van der Waals surface area contributed by atoms with Gasteiger partial charge in [-0.3, -0.25) is 14.4 Å². The SMILES string of the molecule is CCN(C(=O)c1cccc(NCC(=O)Nc2cccc(C(=O)NC3CCCCC3)c2)c1)c1ccccc1. The maximum atomic E-state index is 13.1. The smallest absolute Gasteiger partial charge is 0.258 e. The molecule has 1 fully saturated rings. The summed E-state index contributed by atoms with van der Waals surface area (Å²) in [5.41, 5.74) is 3.14. The Morgan fingerprint density at radius 2 is 1.49 bits per heavy atom. The van der Waals surface area contributed by atoms with Crippen LogP contribution < -0.4 is 20.9 Å². The van der Waals surface area contributed by atoms with Gasteiger partial charge in [0.2, 0.25) is 5.91 Å². The van der Waals surface area contributed by atoms with Crippen LogP contribution in [0.2, 0.25) is 0 Å². The summed E-state index contributed by atoms with van der Waals surface area (Å²) in [4.78, 5) is 40.1. The molecule has 0 bridgehead atoms. The Balaban J connectivity index is 1.33. The van der Waals surface area contributed by atoms with Crippen LogP contribution in [0.25, 0.3) is 0 Å². The molecule has 0 aromatic heterocycles. The highest BCUT2D eigenvalue weighted by molar-refractivity contribution is 6.06. The van der Waals surface area contributed by atoms with Crippen LogP contribution in [-0.2, 0) is 4.79 Å². The third-order valence-corrected chi connectivity index (χ3v) is 6.54. The number of nitrogens with zero attached hydrogens (tertiary/aromatic N) is 1. The number of benzene rings is 3. The van der Waals surface area contributed by atoms with Gasteiger partial charge in [0.25, 0.3) is 11.8 Å². The molecular weight excluding hydrogens is 464 g/mol. The van der Waals surface area contributed by atoms with E-state index in [4.69, 9.17) is 0 Å². The van der Waals surface area contributed by atoms with Gasteiger partial charge in [-0.1, -0.05) is 49.6 Å². The number of para-hydroxylation sites is 1. The molecule has 4 rings (SSSR count). The van der Waals surface area contributed by atoms with Crippen LogP contribution in [0, 0.1) is 0 Å². The largest absolute Gasteiger partial charge is 0.376 e. The highest BCUT2D eigenvalue weighted by atomic mass is 16.2. The number of nitrogens with one attached hydrogen (secondary N) is 3. The average molecular weight is 499 g/mol. The topological polar surface area (TPSA) is 90.5 Å².